The molecule has 0 amide bonds. The lowest BCUT2D eigenvalue weighted by molar-refractivity contribution is 0.823. The van der Waals surface area contributed by atoms with Crippen molar-refractivity contribution in [1.29, 1.82) is 0 Å². The molecule has 0 aliphatic heterocycles. The molecule has 0 bridgehead atoms. The molecule has 20 heavy (non-hydrogen) atoms. The predicted molar refractivity (Wildman–Crippen MR) is 90.1 cm³/mol. The molecule has 0 atom stereocenters. The van der Waals surface area contributed by atoms with Gasteiger partial charge in [0.15, 0.2) is 5.96 Å². The van der Waals surface area contributed by atoms with Gasteiger partial charge in [0.05, 0.1) is 13.1 Å². The summed E-state index contributed by atoms with van der Waals surface area (Å²) in [6, 6.07) is 12.4. The highest BCUT2D eigenvalue weighted by atomic mass is 79.9. The number of rotatable bonds is 5. The highest BCUT2D eigenvalue weighted by Crippen LogP contribution is 2.19. The fraction of sp³-hybridized carbons (Fsp3) is 0.267. The topological polar surface area (TPSA) is 36.4 Å². The summed E-state index contributed by atoms with van der Waals surface area (Å²) in [7, 11) is 0. The molecule has 0 aliphatic rings. The van der Waals surface area contributed by atoms with Crippen molar-refractivity contribution in [2.24, 2.45) is 4.99 Å². The van der Waals surface area contributed by atoms with E-state index >= 15 is 0 Å². The number of nitrogens with one attached hydrogen (secondary N) is 2. The Hall–Kier alpha value is -1.33. The van der Waals surface area contributed by atoms with Crippen LogP contribution in [0.5, 0.6) is 0 Å². The average molecular weight is 352 g/mol. The molecule has 1 aromatic heterocycles. The molecule has 3 nitrogen and oxygen atoms in total. The summed E-state index contributed by atoms with van der Waals surface area (Å²) in [5, 5.41) is 8.70. The normalized spacial score (nSPS) is 11.4. The van der Waals surface area contributed by atoms with Crippen LogP contribution in [-0.4, -0.2) is 12.5 Å². The first-order valence-corrected chi connectivity index (χ1v) is 8.24. The number of thiophene rings is 1. The number of nitrogens with zero attached hydrogens (tertiary/aromatic N) is 1. The third kappa shape index (κ3) is 4.98. The quantitative estimate of drug-likeness (QED) is 0.635. The Labute approximate surface area is 132 Å². The third-order valence-electron chi connectivity index (χ3n) is 2.66. The van der Waals surface area contributed by atoms with Crippen molar-refractivity contribution < 1.29 is 0 Å². The minimum absolute atomic E-state index is 0.685. The van der Waals surface area contributed by atoms with Crippen LogP contribution in [0.15, 0.2) is 51.2 Å². The summed E-state index contributed by atoms with van der Waals surface area (Å²) < 4.78 is 1.13. The van der Waals surface area contributed by atoms with Gasteiger partial charge in [0.1, 0.15) is 0 Å². The number of hydrogen-bond acceptors (Lipinski definition) is 2. The molecule has 2 rings (SSSR count). The second kappa shape index (κ2) is 8.07. The molecule has 2 aromatic rings. The van der Waals surface area contributed by atoms with Crippen LogP contribution in [0, 0.1) is 0 Å². The van der Waals surface area contributed by atoms with Crippen molar-refractivity contribution in [3.63, 3.8) is 0 Å². The summed E-state index contributed by atoms with van der Waals surface area (Å²) in [5.41, 5.74) is 1.21. The smallest absolute Gasteiger partial charge is 0.191 e. The Balaban J connectivity index is 1.92. The Kier molecular flexibility index (Phi) is 6.08. The second-order valence-corrected chi connectivity index (χ2v) is 6.18. The molecule has 0 spiro atoms. The van der Waals surface area contributed by atoms with E-state index in [0.717, 1.165) is 23.5 Å². The van der Waals surface area contributed by atoms with Crippen LogP contribution in [0.4, 0.5) is 0 Å². The van der Waals surface area contributed by atoms with Crippen LogP contribution >= 0.6 is 27.3 Å². The number of halogens is 1. The van der Waals surface area contributed by atoms with Gasteiger partial charge < -0.3 is 10.6 Å². The molecule has 0 saturated heterocycles. The molecule has 5 heteroatoms. The van der Waals surface area contributed by atoms with Crippen LogP contribution in [-0.2, 0) is 13.1 Å². The maximum atomic E-state index is 4.59. The van der Waals surface area contributed by atoms with E-state index in [-0.39, 0.29) is 0 Å². The van der Waals surface area contributed by atoms with E-state index in [1.807, 2.05) is 18.2 Å². The number of benzene rings is 1. The number of guanidine groups is 1. The first-order chi connectivity index (χ1) is 9.78. The standard InChI is InChI=1S/C15H18BrN3S/c1-2-17-15(18-9-12-6-4-3-5-7-12)19-10-14-8-13(16)11-20-14/h3-8,11H,2,9-10H2,1H3,(H2,17,18,19). The van der Waals surface area contributed by atoms with Crippen LogP contribution in [0.3, 0.4) is 0 Å². The minimum Gasteiger partial charge on any atom is -0.357 e. The highest BCUT2D eigenvalue weighted by molar-refractivity contribution is 9.10. The minimum atomic E-state index is 0.685. The van der Waals surface area contributed by atoms with E-state index < -0.39 is 0 Å². The molecule has 106 valence electrons. The van der Waals surface area contributed by atoms with Crippen LogP contribution in [0.2, 0.25) is 0 Å². The molecular weight excluding hydrogens is 334 g/mol. The van der Waals surface area contributed by atoms with E-state index in [4.69, 9.17) is 0 Å². The SMILES string of the molecule is CCNC(=NCc1ccccc1)NCc1cc(Br)cs1. The van der Waals surface area contributed by atoms with Crippen LogP contribution in [0.25, 0.3) is 0 Å². The molecular formula is C15H18BrN3S. The van der Waals surface area contributed by atoms with E-state index in [9.17, 15) is 0 Å². The van der Waals surface area contributed by atoms with Crippen LogP contribution in [0.1, 0.15) is 17.4 Å². The van der Waals surface area contributed by atoms with Gasteiger partial charge in [-0.15, -0.1) is 11.3 Å². The third-order valence-corrected chi connectivity index (χ3v) is 4.36. The molecule has 2 N–H and O–H groups in total. The fourth-order valence-electron chi connectivity index (χ4n) is 1.71. The maximum Gasteiger partial charge on any atom is 0.191 e. The van der Waals surface area contributed by atoms with Crippen LogP contribution < -0.4 is 10.6 Å². The fourth-order valence-corrected chi connectivity index (χ4v) is 3.10. The highest BCUT2D eigenvalue weighted by Gasteiger charge is 2.00. The van der Waals surface area contributed by atoms with Crippen molar-refractivity contribution >= 4 is 33.2 Å². The Morgan fingerprint density at radius 2 is 2.05 bits per heavy atom. The maximum absolute atomic E-state index is 4.59. The van der Waals surface area contributed by atoms with Crippen molar-refractivity contribution in [3.8, 4) is 0 Å². The molecule has 0 fully saturated rings. The van der Waals surface area contributed by atoms with Crippen molar-refractivity contribution in [1.82, 2.24) is 10.6 Å². The van der Waals surface area contributed by atoms with E-state index in [2.05, 4.69) is 62.1 Å². The summed E-state index contributed by atoms with van der Waals surface area (Å²) in [4.78, 5) is 5.87. The average Bonchev–Trinajstić information content (AvgIpc) is 2.89. The van der Waals surface area contributed by atoms with Gasteiger partial charge in [-0.05, 0) is 34.5 Å². The summed E-state index contributed by atoms with van der Waals surface area (Å²) in [6.07, 6.45) is 0. The lowest BCUT2D eigenvalue weighted by Crippen LogP contribution is -2.36. The van der Waals surface area contributed by atoms with Gasteiger partial charge in [-0.2, -0.15) is 0 Å². The molecule has 0 saturated carbocycles. The monoisotopic (exact) mass is 351 g/mol. The first kappa shape index (κ1) is 15.1. The van der Waals surface area contributed by atoms with Crippen molar-refractivity contribution in [2.45, 2.75) is 20.0 Å². The van der Waals surface area contributed by atoms with Crippen molar-refractivity contribution in [2.75, 3.05) is 6.54 Å². The van der Waals surface area contributed by atoms with E-state index in [0.29, 0.717) is 6.54 Å². The summed E-state index contributed by atoms with van der Waals surface area (Å²) in [6.45, 7) is 4.40. The zero-order chi connectivity index (χ0) is 14.2. The second-order valence-electron chi connectivity index (χ2n) is 4.27. The first-order valence-electron chi connectivity index (χ1n) is 6.57. The zero-order valence-corrected chi connectivity index (χ0v) is 13.8. The molecule has 0 radical (unpaired) electrons. The van der Waals surface area contributed by atoms with Gasteiger partial charge in [-0.3, -0.25) is 0 Å². The lowest BCUT2D eigenvalue weighted by Gasteiger charge is -2.10. The van der Waals surface area contributed by atoms with E-state index in [1.165, 1.54) is 10.4 Å². The Morgan fingerprint density at radius 3 is 2.70 bits per heavy atom. The van der Waals surface area contributed by atoms with E-state index in [1.54, 1.807) is 11.3 Å². The van der Waals surface area contributed by atoms with Gasteiger partial charge in [0, 0.05) is 21.3 Å². The van der Waals surface area contributed by atoms with Gasteiger partial charge in [0.25, 0.3) is 0 Å². The van der Waals surface area contributed by atoms with Gasteiger partial charge in [-0.25, -0.2) is 4.99 Å². The molecule has 0 aliphatic carbocycles. The summed E-state index contributed by atoms with van der Waals surface area (Å²) in [5.74, 6) is 0.848. The zero-order valence-electron chi connectivity index (χ0n) is 11.4. The number of aliphatic imine (C=N–C) groups is 1. The van der Waals surface area contributed by atoms with Gasteiger partial charge in [-0.1, -0.05) is 30.3 Å². The molecule has 1 aromatic carbocycles. The molecule has 1 heterocycles. The lowest BCUT2D eigenvalue weighted by atomic mass is 10.2. The largest absolute Gasteiger partial charge is 0.357 e. The predicted octanol–water partition coefficient (Wildman–Crippen LogP) is 3.77. The molecule has 0 unspecified atom stereocenters. The Morgan fingerprint density at radius 1 is 1.25 bits per heavy atom. The van der Waals surface area contributed by atoms with Crippen molar-refractivity contribution in [3.05, 3.63) is 56.7 Å². The Bertz CT molecular complexity index is 551. The van der Waals surface area contributed by atoms with Gasteiger partial charge >= 0.3 is 0 Å². The number of hydrogen-bond donors (Lipinski definition) is 2. The summed E-state index contributed by atoms with van der Waals surface area (Å²) >= 11 is 5.20. The van der Waals surface area contributed by atoms with Gasteiger partial charge in [0.2, 0.25) is 0 Å².